The predicted molar refractivity (Wildman–Crippen MR) is 67.3 cm³/mol. The second-order valence-electron chi connectivity index (χ2n) is 3.81. The number of ketones is 1. The van der Waals surface area contributed by atoms with Gasteiger partial charge in [-0.2, -0.15) is 8.78 Å². The number of methoxy groups -OCH3 is 1. The summed E-state index contributed by atoms with van der Waals surface area (Å²) in [6.45, 7) is -2.95. The van der Waals surface area contributed by atoms with Crippen LogP contribution >= 0.6 is 0 Å². The molecule has 0 spiro atoms. The minimum absolute atomic E-state index is 0.0695. The van der Waals surface area contributed by atoms with E-state index < -0.39 is 6.61 Å². The fraction of sp³-hybridized carbons (Fsp3) is 0.143. The Morgan fingerprint density at radius 2 is 2.00 bits per heavy atom. The molecule has 0 atom stereocenters. The van der Waals surface area contributed by atoms with Gasteiger partial charge in [0.2, 0.25) is 0 Å². The highest BCUT2D eigenvalue weighted by molar-refractivity contribution is 6.09. The summed E-state index contributed by atoms with van der Waals surface area (Å²) in [5.74, 6) is -0.328. The highest BCUT2D eigenvalue weighted by atomic mass is 19.3. The van der Waals surface area contributed by atoms with E-state index in [1.54, 1.807) is 18.3 Å². The van der Waals surface area contributed by atoms with Gasteiger partial charge in [0.05, 0.1) is 7.11 Å². The van der Waals surface area contributed by atoms with Crippen LogP contribution in [0.4, 0.5) is 8.78 Å². The quantitative estimate of drug-likeness (QED) is 0.790. The lowest BCUT2D eigenvalue weighted by molar-refractivity contribution is -0.0512. The number of ether oxygens (including phenoxy) is 2. The van der Waals surface area contributed by atoms with Gasteiger partial charge in [-0.05, 0) is 30.3 Å². The lowest BCUT2D eigenvalue weighted by Crippen LogP contribution is -2.06. The van der Waals surface area contributed by atoms with Gasteiger partial charge in [-0.15, -0.1) is 0 Å². The zero-order chi connectivity index (χ0) is 14.5. The summed E-state index contributed by atoms with van der Waals surface area (Å²) in [6.07, 6.45) is 2.98. The molecular weight excluding hydrogens is 268 g/mol. The van der Waals surface area contributed by atoms with Crippen molar-refractivity contribution in [1.29, 1.82) is 0 Å². The summed E-state index contributed by atoms with van der Waals surface area (Å²) in [5.41, 5.74) is 0.702. The van der Waals surface area contributed by atoms with Crippen molar-refractivity contribution in [3.05, 3.63) is 53.9 Å². The van der Waals surface area contributed by atoms with Crippen LogP contribution in [-0.4, -0.2) is 24.5 Å². The van der Waals surface area contributed by atoms with Crippen molar-refractivity contribution in [2.45, 2.75) is 6.61 Å². The van der Waals surface area contributed by atoms with Crippen molar-refractivity contribution in [3.8, 4) is 11.5 Å². The van der Waals surface area contributed by atoms with E-state index in [9.17, 15) is 13.6 Å². The summed E-state index contributed by atoms with van der Waals surface area (Å²) in [4.78, 5) is 16.0. The van der Waals surface area contributed by atoms with Crippen molar-refractivity contribution < 1.29 is 23.0 Å². The number of alkyl halides is 2. The van der Waals surface area contributed by atoms with Gasteiger partial charge in [0.1, 0.15) is 0 Å². The van der Waals surface area contributed by atoms with Crippen molar-refractivity contribution in [3.63, 3.8) is 0 Å². The summed E-state index contributed by atoms with van der Waals surface area (Å²) < 4.78 is 33.7. The SMILES string of the molecule is COc1cc(C(=O)c2cccnc2)ccc1OC(F)F. The average molecular weight is 279 g/mol. The molecule has 0 bridgehead atoms. The van der Waals surface area contributed by atoms with Gasteiger partial charge in [0.15, 0.2) is 17.3 Å². The second-order valence-corrected chi connectivity index (χ2v) is 3.81. The maximum Gasteiger partial charge on any atom is 0.387 e. The Bertz CT molecular complexity index is 603. The Morgan fingerprint density at radius 1 is 1.20 bits per heavy atom. The lowest BCUT2D eigenvalue weighted by atomic mass is 10.0. The summed E-state index contributed by atoms with van der Waals surface area (Å²) in [6, 6.07) is 7.28. The molecule has 0 aliphatic carbocycles. The molecule has 0 unspecified atom stereocenters. The van der Waals surface area contributed by atoms with Gasteiger partial charge in [-0.1, -0.05) is 0 Å². The average Bonchev–Trinajstić information content (AvgIpc) is 2.47. The number of hydrogen-bond donors (Lipinski definition) is 0. The van der Waals surface area contributed by atoms with E-state index in [0.717, 1.165) is 0 Å². The molecule has 0 saturated heterocycles. The van der Waals surface area contributed by atoms with Crippen LogP contribution in [-0.2, 0) is 0 Å². The van der Waals surface area contributed by atoms with Gasteiger partial charge < -0.3 is 9.47 Å². The van der Waals surface area contributed by atoms with Crippen LogP contribution in [0.3, 0.4) is 0 Å². The topological polar surface area (TPSA) is 48.4 Å². The molecular formula is C14H11F2NO3. The van der Waals surface area contributed by atoms with Crippen LogP contribution in [0.2, 0.25) is 0 Å². The first kappa shape index (κ1) is 13.9. The number of carbonyl (C=O) groups is 1. The molecule has 0 amide bonds. The Balaban J connectivity index is 2.32. The zero-order valence-corrected chi connectivity index (χ0v) is 10.5. The van der Waals surface area contributed by atoms with E-state index >= 15 is 0 Å². The molecule has 104 valence electrons. The van der Waals surface area contributed by atoms with Crippen LogP contribution < -0.4 is 9.47 Å². The first-order chi connectivity index (χ1) is 9.61. The molecule has 20 heavy (non-hydrogen) atoms. The van der Waals surface area contributed by atoms with Gasteiger partial charge >= 0.3 is 6.61 Å². The Labute approximate surface area is 114 Å². The third-order valence-corrected chi connectivity index (χ3v) is 2.57. The largest absolute Gasteiger partial charge is 0.493 e. The third kappa shape index (κ3) is 3.09. The Kier molecular flexibility index (Phi) is 4.24. The fourth-order valence-corrected chi connectivity index (χ4v) is 1.67. The van der Waals surface area contributed by atoms with E-state index in [1.165, 1.54) is 31.5 Å². The van der Waals surface area contributed by atoms with Crippen molar-refractivity contribution in [1.82, 2.24) is 4.98 Å². The molecule has 0 aliphatic heterocycles. The number of pyridine rings is 1. The van der Waals surface area contributed by atoms with E-state index in [2.05, 4.69) is 9.72 Å². The van der Waals surface area contributed by atoms with E-state index in [1.807, 2.05) is 0 Å². The van der Waals surface area contributed by atoms with Crippen molar-refractivity contribution in [2.75, 3.05) is 7.11 Å². The minimum atomic E-state index is -2.95. The molecule has 2 rings (SSSR count). The third-order valence-electron chi connectivity index (χ3n) is 2.57. The Morgan fingerprint density at radius 3 is 2.60 bits per heavy atom. The molecule has 0 fully saturated rings. The number of rotatable bonds is 5. The van der Waals surface area contributed by atoms with Crippen molar-refractivity contribution in [2.24, 2.45) is 0 Å². The van der Waals surface area contributed by atoms with Crippen LogP contribution in [0.15, 0.2) is 42.7 Å². The molecule has 4 nitrogen and oxygen atoms in total. The van der Waals surface area contributed by atoms with Crippen molar-refractivity contribution >= 4 is 5.78 Å². The first-order valence-electron chi connectivity index (χ1n) is 5.69. The van der Waals surface area contributed by atoms with E-state index in [4.69, 9.17) is 4.74 Å². The van der Waals surface area contributed by atoms with Gasteiger partial charge in [0, 0.05) is 23.5 Å². The standard InChI is InChI=1S/C14H11F2NO3/c1-19-12-7-9(4-5-11(12)20-14(15)16)13(18)10-3-2-6-17-8-10/h2-8,14H,1H3. The molecule has 1 heterocycles. The molecule has 1 aromatic heterocycles. The van der Waals surface area contributed by atoms with Crippen LogP contribution in [0.1, 0.15) is 15.9 Å². The molecule has 2 aromatic rings. The molecule has 0 aliphatic rings. The maximum absolute atomic E-state index is 12.2. The smallest absolute Gasteiger partial charge is 0.387 e. The van der Waals surface area contributed by atoms with Crippen LogP contribution in [0, 0.1) is 0 Å². The lowest BCUT2D eigenvalue weighted by Gasteiger charge is -2.11. The predicted octanol–water partition coefficient (Wildman–Crippen LogP) is 2.92. The number of benzene rings is 1. The number of halogens is 2. The first-order valence-corrected chi connectivity index (χ1v) is 5.69. The Hall–Kier alpha value is -2.50. The number of hydrogen-bond acceptors (Lipinski definition) is 4. The molecule has 0 radical (unpaired) electrons. The van der Waals surface area contributed by atoms with E-state index in [0.29, 0.717) is 11.1 Å². The van der Waals surface area contributed by atoms with E-state index in [-0.39, 0.29) is 17.3 Å². The van der Waals surface area contributed by atoms with Crippen LogP contribution in [0.5, 0.6) is 11.5 Å². The molecule has 6 heteroatoms. The summed E-state index contributed by atoms with van der Waals surface area (Å²) in [5, 5.41) is 0. The highest BCUT2D eigenvalue weighted by Gasteiger charge is 2.15. The number of aromatic nitrogens is 1. The molecule has 0 saturated carbocycles. The molecule has 0 N–H and O–H groups in total. The van der Waals surface area contributed by atoms with Crippen LogP contribution in [0.25, 0.3) is 0 Å². The second kappa shape index (κ2) is 6.10. The maximum atomic E-state index is 12.2. The van der Waals surface area contributed by atoms with Gasteiger partial charge in [-0.25, -0.2) is 0 Å². The zero-order valence-electron chi connectivity index (χ0n) is 10.5. The summed E-state index contributed by atoms with van der Waals surface area (Å²) in [7, 11) is 1.31. The highest BCUT2D eigenvalue weighted by Crippen LogP contribution is 2.30. The van der Waals surface area contributed by atoms with Gasteiger partial charge in [-0.3, -0.25) is 9.78 Å². The number of nitrogens with zero attached hydrogens (tertiary/aromatic N) is 1. The van der Waals surface area contributed by atoms with Gasteiger partial charge in [0.25, 0.3) is 0 Å². The normalized spacial score (nSPS) is 10.4. The number of carbonyl (C=O) groups excluding carboxylic acids is 1. The molecule has 1 aromatic carbocycles. The monoisotopic (exact) mass is 279 g/mol. The fourth-order valence-electron chi connectivity index (χ4n) is 1.67. The minimum Gasteiger partial charge on any atom is -0.493 e. The summed E-state index contributed by atoms with van der Waals surface area (Å²) >= 11 is 0.